The van der Waals surface area contributed by atoms with Crippen LogP contribution in [0.3, 0.4) is 0 Å². The van der Waals surface area contributed by atoms with Crippen molar-refractivity contribution in [3.63, 3.8) is 0 Å². The van der Waals surface area contributed by atoms with E-state index in [9.17, 15) is 14.9 Å². The number of amides is 1. The van der Waals surface area contributed by atoms with Gasteiger partial charge in [-0.3, -0.25) is 14.9 Å². The molecule has 0 radical (unpaired) electrons. The molecule has 0 aliphatic carbocycles. The Labute approximate surface area is 116 Å². The van der Waals surface area contributed by atoms with Crippen LogP contribution in [0, 0.1) is 10.1 Å². The second-order valence-electron chi connectivity index (χ2n) is 4.05. The second kappa shape index (κ2) is 7.06. The summed E-state index contributed by atoms with van der Waals surface area (Å²) < 4.78 is 0. The maximum atomic E-state index is 11.9. The number of benzene rings is 1. The quantitative estimate of drug-likeness (QED) is 0.640. The average Bonchev–Trinajstić information content (AvgIpc) is 2.38. The summed E-state index contributed by atoms with van der Waals surface area (Å²) in [6, 6.07) is 4.18. The Morgan fingerprint density at radius 1 is 1.53 bits per heavy atom. The lowest BCUT2D eigenvalue weighted by molar-refractivity contribution is -0.384. The number of nitrogens with zero attached hydrogens (tertiary/aromatic N) is 2. The summed E-state index contributed by atoms with van der Waals surface area (Å²) in [4.78, 5) is 24.0. The molecule has 1 aromatic rings. The van der Waals surface area contributed by atoms with Crippen LogP contribution in [0.15, 0.2) is 18.2 Å². The number of halogens is 1. The molecule has 1 N–H and O–H groups in total. The zero-order chi connectivity index (χ0) is 14.4. The highest BCUT2D eigenvalue weighted by molar-refractivity contribution is 6.35. The van der Waals surface area contributed by atoms with Gasteiger partial charge in [0.1, 0.15) is 5.02 Å². The third-order valence-corrected chi connectivity index (χ3v) is 3.14. The first-order valence-electron chi connectivity index (χ1n) is 5.87. The SMILES string of the molecule is CCN(C)CCNC(=O)c1cccc([N+](=O)[O-])c1Cl. The van der Waals surface area contributed by atoms with Gasteiger partial charge in [0.2, 0.25) is 0 Å². The van der Waals surface area contributed by atoms with Crippen molar-refractivity contribution in [2.24, 2.45) is 0 Å². The van der Waals surface area contributed by atoms with Gasteiger partial charge in [-0.25, -0.2) is 0 Å². The molecule has 0 unspecified atom stereocenters. The van der Waals surface area contributed by atoms with E-state index in [0.717, 1.165) is 6.54 Å². The fourth-order valence-electron chi connectivity index (χ4n) is 1.45. The van der Waals surface area contributed by atoms with Gasteiger partial charge < -0.3 is 10.2 Å². The summed E-state index contributed by atoms with van der Waals surface area (Å²) in [5.74, 6) is -0.404. The lowest BCUT2D eigenvalue weighted by Crippen LogP contribution is -2.33. The molecule has 0 aliphatic heterocycles. The number of hydrogen-bond donors (Lipinski definition) is 1. The summed E-state index contributed by atoms with van der Waals surface area (Å²) in [6.45, 7) is 4.06. The van der Waals surface area contributed by atoms with Crippen molar-refractivity contribution in [1.82, 2.24) is 10.2 Å². The molecule has 0 aromatic heterocycles. The lowest BCUT2D eigenvalue weighted by atomic mass is 10.2. The molecule has 0 heterocycles. The first kappa shape index (κ1) is 15.4. The van der Waals surface area contributed by atoms with Crippen LogP contribution in [0.2, 0.25) is 5.02 Å². The Hall–Kier alpha value is -1.66. The van der Waals surface area contributed by atoms with Gasteiger partial charge in [-0.2, -0.15) is 0 Å². The van der Waals surface area contributed by atoms with Crippen molar-refractivity contribution in [2.45, 2.75) is 6.92 Å². The minimum absolute atomic E-state index is 0.120. The Kier molecular flexibility index (Phi) is 5.72. The predicted octanol–water partition coefficient (Wildman–Crippen LogP) is 1.93. The summed E-state index contributed by atoms with van der Waals surface area (Å²) in [5.41, 5.74) is -0.144. The lowest BCUT2D eigenvalue weighted by Gasteiger charge is -2.14. The minimum Gasteiger partial charge on any atom is -0.351 e. The van der Waals surface area contributed by atoms with E-state index in [2.05, 4.69) is 5.32 Å². The number of nitro benzene ring substituents is 1. The molecule has 0 spiro atoms. The van der Waals surface area contributed by atoms with E-state index in [4.69, 9.17) is 11.6 Å². The Morgan fingerprint density at radius 2 is 2.21 bits per heavy atom. The summed E-state index contributed by atoms with van der Waals surface area (Å²) >= 11 is 5.85. The van der Waals surface area contributed by atoms with Crippen LogP contribution in [-0.2, 0) is 0 Å². The third-order valence-electron chi connectivity index (χ3n) is 2.74. The van der Waals surface area contributed by atoms with Crippen LogP contribution in [-0.4, -0.2) is 42.4 Å². The molecule has 104 valence electrons. The van der Waals surface area contributed by atoms with Crippen LogP contribution < -0.4 is 5.32 Å². The average molecular weight is 286 g/mol. The van der Waals surface area contributed by atoms with E-state index in [1.165, 1.54) is 18.2 Å². The zero-order valence-electron chi connectivity index (χ0n) is 10.9. The zero-order valence-corrected chi connectivity index (χ0v) is 11.6. The summed E-state index contributed by atoms with van der Waals surface area (Å²) in [6.07, 6.45) is 0. The van der Waals surface area contributed by atoms with Crippen molar-refractivity contribution in [2.75, 3.05) is 26.7 Å². The topological polar surface area (TPSA) is 75.5 Å². The van der Waals surface area contributed by atoms with E-state index in [-0.39, 0.29) is 16.3 Å². The number of carbonyl (C=O) groups is 1. The molecule has 0 fully saturated rings. The number of nitrogens with one attached hydrogen (secondary N) is 1. The van der Waals surface area contributed by atoms with Gasteiger partial charge in [0.25, 0.3) is 11.6 Å². The van der Waals surface area contributed by atoms with Crippen molar-refractivity contribution < 1.29 is 9.72 Å². The molecule has 0 saturated carbocycles. The van der Waals surface area contributed by atoms with Crippen LogP contribution in [0.4, 0.5) is 5.69 Å². The van der Waals surface area contributed by atoms with E-state index >= 15 is 0 Å². The fourth-order valence-corrected chi connectivity index (χ4v) is 1.73. The van der Waals surface area contributed by atoms with Gasteiger partial charge >= 0.3 is 0 Å². The predicted molar refractivity (Wildman–Crippen MR) is 73.6 cm³/mol. The molecule has 0 bridgehead atoms. The normalized spacial score (nSPS) is 10.5. The van der Waals surface area contributed by atoms with Crippen LogP contribution in [0.5, 0.6) is 0 Å². The van der Waals surface area contributed by atoms with Gasteiger partial charge in [-0.05, 0) is 19.7 Å². The van der Waals surface area contributed by atoms with Gasteiger partial charge in [0.15, 0.2) is 0 Å². The van der Waals surface area contributed by atoms with Crippen molar-refractivity contribution in [3.8, 4) is 0 Å². The Balaban J connectivity index is 2.72. The number of carbonyl (C=O) groups excluding carboxylic acids is 1. The first-order valence-corrected chi connectivity index (χ1v) is 6.24. The molecule has 1 rings (SSSR count). The smallest absolute Gasteiger partial charge is 0.288 e. The Bertz CT molecular complexity index is 479. The van der Waals surface area contributed by atoms with E-state index in [0.29, 0.717) is 13.1 Å². The van der Waals surface area contributed by atoms with Crippen molar-refractivity contribution in [1.29, 1.82) is 0 Å². The molecule has 0 saturated heterocycles. The van der Waals surface area contributed by atoms with Crippen molar-refractivity contribution >= 4 is 23.2 Å². The third kappa shape index (κ3) is 4.18. The maximum absolute atomic E-state index is 11.9. The molecule has 7 heteroatoms. The first-order chi connectivity index (χ1) is 8.97. The van der Waals surface area contributed by atoms with E-state index < -0.39 is 10.8 Å². The number of hydrogen-bond acceptors (Lipinski definition) is 4. The number of nitro groups is 1. The molecule has 19 heavy (non-hydrogen) atoms. The van der Waals surface area contributed by atoms with Gasteiger partial charge in [-0.1, -0.05) is 24.6 Å². The minimum atomic E-state index is -0.607. The molecule has 1 amide bonds. The molecule has 6 nitrogen and oxygen atoms in total. The van der Waals surface area contributed by atoms with Gasteiger partial charge in [0.05, 0.1) is 10.5 Å². The summed E-state index contributed by atoms with van der Waals surface area (Å²) in [5, 5.41) is 13.3. The maximum Gasteiger partial charge on any atom is 0.288 e. The largest absolute Gasteiger partial charge is 0.351 e. The van der Waals surface area contributed by atoms with E-state index in [1.54, 1.807) is 0 Å². The molecular formula is C12H16ClN3O3. The highest BCUT2D eigenvalue weighted by Gasteiger charge is 2.19. The highest BCUT2D eigenvalue weighted by atomic mass is 35.5. The molecular weight excluding hydrogens is 270 g/mol. The Morgan fingerprint density at radius 3 is 2.79 bits per heavy atom. The monoisotopic (exact) mass is 285 g/mol. The van der Waals surface area contributed by atoms with Crippen LogP contribution in [0.1, 0.15) is 17.3 Å². The van der Waals surface area contributed by atoms with Crippen LogP contribution >= 0.6 is 11.6 Å². The fraction of sp³-hybridized carbons (Fsp3) is 0.417. The van der Waals surface area contributed by atoms with Crippen molar-refractivity contribution in [3.05, 3.63) is 38.9 Å². The second-order valence-corrected chi connectivity index (χ2v) is 4.43. The summed E-state index contributed by atoms with van der Waals surface area (Å²) in [7, 11) is 1.94. The number of likely N-dealkylation sites (N-methyl/N-ethyl adjacent to an activating group) is 1. The number of rotatable bonds is 6. The van der Waals surface area contributed by atoms with Crippen LogP contribution in [0.25, 0.3) is 0 Å². The molecule has 1 aromatic carbocycles. The highest BCUT2D eigenvalue weighted by Crippen LogP contribution is 2.27. The molecule has 0 aliphatic rings. The molecule has 0 atom stereocenters. The standard InChI is InChI=1S/C12H16ClN3O3/c1-3-15(2)8-7-14-12(17)9-5-4-6-10(11(9)13)16(18)19/h4-6H,3,7-8H2,1-2H3,(H,14,17). The van der Waals surface area contributed by atoms with Gasteiger partial charge in [0, 0.05) is 19.2 Å². The van der Waals surface area contributed by atoms with Gasteiger partial charge in [-0.15, -0.1) is 0 Å². The van der Waals surface area contributed by atoms with E-state index in [1.807, 2.05) is 18.9 Å².